The molecule has 0 saturated heterocycles. The van der Waals surface area contributed by atoms with E-state index in [1.165, 1.54) is 11.3 Å². The number of carbonyl (C=O) groups is 1. The molecular weight excluding hydrogens is 288 g/mol. The molecule has 0 fully saturated rings. The van der Waals surface area contributed by atoms with Crippen molar-refractivity contribution in [1.82, 2.24) is 15.1 Å². The Balaban J connectivity index is 2.23. The maximum Gasteiger partial charge on any atom is 0.252 e. The van der Waals surface area contributed by atoms with Crippen LogP contribution in [0, 0.1) is 5.92 Å². The van der Waals surface area contributed by atoms with Crippen molar-refractivity contribution in [3.8, 4) is 0 Å². The number of nitrogens with zero attached hydrogens (tertiary/aromatic N) is 3. The van der Waals surface area contributed by atoms with Gasteiger partial charge in [-0.2, -0.15) is 0 Å². The molecule has 1 N–H and O–H groups in total. The smallest absolute Gasteiger partial charge is 0.252 e. The van der Waals surface area contributed by atoms with Gasteiger partial charge < -0.3 is 9.64 Å². The highest BCUT2D eigenvalue weighted by molar-refractivity contribution is 7.15. The number of anilines is 1. The van der Waals surface area contributed by atoms with Gasteiger partial charge in [-0.3, -0.25) is 10.1 Å². The Morgan fingerprint density at radius 1 is 1.33 bits per heavy atom. The van der Waals surface area contributed by atoms with Crippen molar-refractivity contribution >= 4 is 22.4 Å². The maximum atomic E-state index is 11.7. The van der Waals surface area contributed by atoms with Gasteiger partial charge in [0.05, 0.1) is 6.61 Å². The molecule has 21 heavy (non-hydrogen) atoms. The van der Waals surface area contributed by atoms with Gasteiger partial charge in [0, 0.05) is 13.0 Å². The van der Waals surface area contributed by atoms with E-state index in [1.54, 1.807) is 0 Å². The summed E-state index contributed by atoms with van der Waals surface area (Å²) >= 11 is 1.42. The summed E-state index contributed by atoms with van der Waals surface area (Å²) in [7, 11) is 0. The predicted molar refractivity (Wildman–Crippen MR) is 85.7 cm³/mol. The lowest BCUT2D eigenvalue weighted by Crippen LogP contribution is -2.28. The van der Waals surface area contributed by atoms with Crippen LogP contribution in [0.3, 0.4) is 0 Å². The van der Waals surface area contributed by atoms with Crippen LogP contribution in [0.1, 0.15) is 32.7 Å². The summed E-state index contributed by atoms with van der Waals surface area (Å²) in [4.78, 5) is 14.0. The first-order valence-electron chi connectivity index (χ1n) is 7.47. The Bertz CT molecular complexity index is 419. The molecule has 0 atom stereocenters. The molecule has 1 aromatic rings. The summed E-state index contributed by atoms with van der Waals surface area (Å²) in [6.45, 7) is 11.9. The van der Waals surface area contributed by atoms with Crippen molar-refractivity contribution in [1.29, 1.82) is 0 Å². The molecule has 0 unspecified atom stereocenters. The van der Waals surface area contributed by atoms with E-state index < -0.39 is 0 Å². The summed E-state index contributed by atoms with van der Waals surface area (Å²) in [5, 5.41) is 12.2. The van der Waals surface area contributed by atoms with E-state index in [1.807, 2.05) is 0 Å². The summed E-state index contributed by atoms with van der Waals surface area (Å²) < 4.78 is 5.38. The molecule has 1 aromatic heterocycles. The largest absolute Gasteiger partial charge is 0.370 e. The van der Waals surface area contributed by atoms with Gasteiger partial charge >= 0.3 is 0 Å². The van der Waals surface area contributed by atoms with Gasteiger partial charge in [0.1, 0.15) is 11.6 Å². The first-order valence-corrected chi connectivity index (χ1v) is 8.29. The van der Waals surface area contributed by atoms with Crippen LogP contribution in [-0.4, -0.2) is 53.9 Å². The Morgan fingerprint density at radius 3 is 2.67 bits per heavy atom. The fraction of sp³-hybridized carbons (Fsp3) is 0.786. The van der Waals surface area contributed by atoms with Gasteiger partial charge in [-0.15, -0.1) is 10.2 Å². The Kier molecular flexibility index (Phi) is 8.41. The normalized spacial score (nSPS) is 11.3. The minimum absolute atomic E-state index is 0.0559. The number of hydrogen-bond acceptors (Lipinski definition) is 6. The average Bonchev–Trinajstić information content (AvgIpc) is 2.85. The van der Waals surface area contributed by atoms with Gasteiger partial charge in [0.2, 0.25) is 5.13 Å². The fourth-order valence-corrected chi connectivity index (χ4v) is 2.76. The van der Waals surface area contributed by atoms with Crippen molar-refractivity contribution in [3.05, 3.63) is 5.01 Å². The molecule has 6 nitrogen and oxygen atoms in total. The highest BCUT2D eigenvalue weighted by Gasteiger charge is 2.09. The molecule has 0 aliphatic heterocycles. The Hall–Kier alpha value is -1.05. The van der Waals surface area contributed by atoms with Crippen molar-refractivity contribution < 1.29 is 9.53 Å². The van der Waals surface area contributed by atoms with Gasteiger partial charge in [-0.25, -0.2) is 0 Å². The highest BCUT2D eigenvalue weighted by Crippen LogP contribution is 2.17. The predicted octanol–water partition coefficient (Wildman–Crippen LogP) is 2.03. The molecule has 0 aliphatic carbocycles. The van der Waals surface area contributed by atoms with Crippen LogP contribution in [-0.2, 0) is 16.0 Å². The Morgan fingerprint density at radius 2 is 2.05 bits per heavy atom. The van der Waals surface area contributed by atoms with E-state index in [9.17, 15) is 4.79 Å². The van der Waals surface area contributed by atoms with Gasteiger partial charge in [0.25, 0.3) is 5.91 Å². The molecule has 120 valence electrons. The summed E-state index contributed by atoms with van der Waals surface area (Å²) in [6, 6.07) is 0. The molecule has 0 radical (unpaired) electrons. The third kappa shape index (κ3) is 7.50. The number of hydrogen-bond donors (Lipinski definition) is 1. The topological polar surface area (TPSA) is 67.3 Å². The summed E-state index contributed by atoms with van der Waals surface area (Å²) in [5.41, 5.74) is 0. The first kappa shape index (κ1) is 18.0. The molecule has 1 heterocycles. The number of ether oxygens (including phenoxy) is 1. The van der Waals surface area contributed by atoms with Crippen LogP contribution in [0.5, 0.6) is 0 Å². The van der Waals surface area contributed by atoms with E-state index in [0.717, 1.165) is 31.1 Å². The van der Waals surface area contributed by atoms with Crippen LogP contribution in [0.4, 0.5) is 5.13 Å². The first-order chi connectivity index (χ1) is 10.0. The number of aromatic nitrogens is 2. The highest BCUT2D eigenvalue weighted by atomic mass is 32.1. The van der Waals surface area contributed by atoms with E-state index in [2.05, 4.69) is 48.1 Å². The SMILES string of the molecule is CCN(CC)CCOCC(=O)Nc1nnc(CC(C)C)s1. The van der Waals surface area contributed by atoms with Gasteiger partial charge in [-0.1, -0.05) is 39.0 Å². The number of likely N-dealkylation sites (N-methyl/N-ethyl adjacent to an activating group) is 1. The third-order valence-corrected chi connectivity index (χ3v) is 3.84. The third-order valence-electron chi connectivity index (χ3n) is 2.98. The van der Waals surface area contributed by atoms with Crippen LogP contribution < -0.4 is 5.32 Å². The number of rotatable bonds is 10. The van der Waals surface area contributed by atoms with Crippen molar-refractivity contribution in [2.24, 2.45) is 5.92 Å². The maximum absolute atomic E-state index is 11.7. The van der Waals surface area contributed by atoms with E-state index in [4.69, 9.17) is 4.74 Å². The molecule has 0 aromatic carbocycles. The van der Waals surface area contributed by atoms with Crippen LogP contribution in [0.2, 0.25) is 0 Å². The molecule has 1 rings (SSSR count). The summed E-state index contributed by atoms with van der Waals surface area (Å²) in [5.74, 6) is 0.353. The molecule has 1 amide bonds. The average molecular weight is 314 g/mol. The quantitative estimate of drug-likeness (QED) is 0.669. The molecular formula is C14H26N4O2S. The van der Waals surface area contributed by atoms with Crippen molar-refractivity contribution in [2.45, 2.75) is 34.1 Å². The lowest BCUT2D eigenvalue weighted by Gasteiger charge is -2.17. The standard InChI is InChI=1S/C14H26N4O2S/c1-5-18(6-2)7-8-20-10-12(19)15-14-17-16-13(21-14)9-11(3)4/h11H,5-10H2,1-4H3,(H,15,17,19). The molecule has 0 saturated carbocycles. The second-order valence-corrected chi connectivity index (χ2v) is 6.29. The number of amides is 1. The lowest BCUT2D eigenvalue weighted by molar-refractivity contribution is -0.120. The van der Waals surface area contributed by atoms with Crippen molar-refractivity contribution in [2.75, 3.05) is 38.2 Å². The molecule has 0 aliphatic rings. The van der Waals surface area contributed by atoms with Crippen LogP contribution in [0.15, 0.2) is 0 Å². The van der Waals surface area contributed by atoms with Crippen LogP contribution in [0.25, 0.3) is 0 Å². The monoisotopic (exact) mass is 314 g/mol. The molecule has 0 bridgehead atoms. The van der Waals surface area contributed by atoms with Gasteiger partial charge in [-0.05, 0) is 19.0 Å². The lowest BCUT2D eigenvalue weighted by atomic mass is 10.1. The number of nitrogens with one attached hydrogen (secondary N) is 1. The molecule has 0 spiro atoms. The number of carbonyl (C=O) groups excluding carboxylic acids is 1. The minimum Gasteiger partial charge on any atom is -0.370 e. The van der Waals surface area contributed by atoms with Gasteiger partial charge in [0.15, 0.2) is 0 Å². The van der Waals surface area contributed by atoms with E-state index in [0.29, 0.717) is 17.7 Å². The fourth-order valence-electron chi connectivity index (χ4n) is 1.79. The zero-order valence-corrected chi connectivity index (χ0v) is 14.2. The molecule has 7 heteroatoms. The van der Waals surface area contributed by atoms with Crippen LogP contribution >= 0.6 is 11.3 Å². The zero-order chi connectivity index (χ0) is 15.7. The van der Waals surface area contributed by atoms with E-state index >= 15 is 0 Å². The zero-order valence-electron chi connectivity index (χ0n) is 13.4. The second kappa shape index (κ2) is 9.81. The van der Waals surface area contributed by atoms with Crippen molar-refractivity contribution in [3.63, 3.8) is 0 Å². The summed E-state index contributed by atoms with van der Waals surface area (Å²) in [6.07, 6.45) is 0.883. The second-order valence-electron chi connectivity index (χ2n) is 5.23. The van der Waals surface area contributed by atoms with E-state index in [-0.39, 0.29) is 12.5 Å². The minimum atomic E-state index is -0.179. The Labute approximate surface area is 130 Å².